The number of nitrogens with two attached hydrogens (primary N) is 1. The molecular weight excluding hydrogens is 252 g/mol. The molecular formula is C12H18N2O3S. The van der Waals surface area contributed by atoms with E-state index >= 15 is 0 Å². The predicted molar refractivity (Wildman–Crippen MR) is 71.7 cm³/mol. The van der Waals surface area contributed by atoms with Gasteiger partial charge in [-0.1, -0.05) is 0 Å². The van der Waals surface area contributed by atoms with Crippen LogP contribution in [0.1, 0.15) is 6.42 Å². The number of hydrogen-bond acceptors (Lipinski definition) is 5. The second-order valence-corrected chi connectivity index (χ2v) is 6.86. The Morgan fingerprint density at radius 3 is 2.50 bits per heavy atom. The highest BCUT2D eigenvalue weighted by Crippen LogP contribution is 2.27. The average Bonchev–Trinajstić information content (AvgIpc) is 2.67. The van der Waals surface area contributed by atoms with Gasteiger partial charge in [0.1, 0.15) is 5.75 Å². The van der Waals surface area contributed by atoms with Crippen LogP contribution >= 0.6 is 0 Å². The molecule has 1 fully saturated rings. The van der Waals surface area contributed by atoms with Crippen LogP contribution in [0.4, 0.5) is 5.69 Å². The second-order valence-electron chi connectivity index (χ2n) is 4.68. The number of nitrogens with one attached hydrogen (secondary N) is 1. The lowest BCUT2D eigenvalue weighted by atomic mass is 9.99. The first-order valence-electron chi connectivity index (χ1n) is 5.81. The SMILES string of the molecule is COc1ccc(NC2(CN)CCS(=O)(=O)C2)cc1. The van der Waals surface area contributed by atoms with Crippen LogP contribution in [0.3, 0.4) is 0 Å². The van der Waals surface area contributed by atoms with E-state index in [9.17, 15) is 8.42 Å². The normalized spacial score (nSPS) is 25.9. The molecule has 1 atom stereocenters. The zero-order valence-corrected chi connectivity index (χ0v) is 11.2. The minimum absolute atomic E-state index is 0.0997. The first-order valence-corrected chi connectivity index (χ1v) is 7.63. The molecule has 1 aromatic rings. The molecule has 1 unspecified atom stereocenters. The third-order valence-electron chi connectivity index (χ3n) is 3.28. The quantitative estimate of drug-likeness (QED) is 0.838. The van der Waals surface area contributed by atoms with Gasteiger partial charge in [-0.3, -0.25) is 0 Å². The Morgan fingerprint density at radius 2 is 2.06 bits per heavy atom. The van der Waals surface area contributed by atoms with E-state index in [0.29, 0.717) is 13.0 Å². The third kappa shape index (κ3) is 2.76. The monoisotopic (exact) mass is 270 g/mol. The van der Waals surface area contributed by atoms with Crippen LogP contribution in [0.5, 0.6) is 5.75 Å². The smallest absolute Gasteiger partial charge is 0.152 e. The molecule has 0 amide bonds. The highest BCUT2D eigenvalue weighted by atomic mass is 32.2. The summed E-state index contributed by atoms with van der Waals surface area (Å²) >= 11 is 0. The summed E-state index contributed by atoms with van der Waals surface area (Å²) in [5.74, 6) is 1.07. The van der Waals surface area contributed by atoms with Gasteiger partial charge in [0.05, 0.1) is 24.2 Å². The summed E-state index contributed by atoms with van der Waals surface area (Å²) in [6.45, 7) is 0.304. The number of rotatable bonds is 4. The van der Waals surface area contributed by atoms with Crippen molar-refractivity contribution in [2.45, 2.75) is 12.0 Å². The molecule has 0 aliphatic carbocycles. The van der Waals surface area contributed by atoms with Crippen molar-refractivity contribution in [3.63, 3.8) is 0 Å². The van der Waals surface area contributed by atoms with Gasteiger partial charge in [0.15, 0.2) is 9.84 Å². The molecule has 0 spiro atoms. The molecule has 18 heavy (non-hydrogen) atoms. The molecule has 1 aliphatic rings. The maximum Gasteiger partial charge on any atom is 0.152 e. The number of methoxy groups -OCH3 is 1. The molecule has 0 saturated carbocycles. The molecule has 100 valence electrons. The van der Waals surface area contributed by atoms with Crippen molar-refractivity contribution in [1.29, 1.82) is 0 Å². The molecule has 0 bridgehead atoms. The van der Waals surface area contributed by atoms with Gasteiger partial charge < -0.3 is 15.8 Å². The highest BCUT2D eigenvalue weighted by Gasteiger charge is 2.41. The summed E-state index contributed by atoms with van der Waals surface area (Å²) in [7, 11) is -1.36. The predicted octanol–water partition coefficient (Wildman–Crippen LogP) is 0.623. The Bertz CT molecular complexity index is 513. The maximum atomic E-state index is 11.6. The van der Waals surface area contributed by atoms with Crippen molar-refractivity contribution in [3.8, 4) is 5.75 Å². The summed E-state index contributed by atoms with van der Waals surface area (Å²) < 4.78 is 28.2. The van der Waals surface area contributed by atoms with Crippen molar-refractivity contribution < 1.29 is 13.2 Å². The van der Waals surface area contributed by atoms with Crippen LogP contribution in [0.25, 0.3) is 0 Å². The molecule has 0 radical (unpaired) electrons. The Hall–Kier alpha value is -1.27. The van der Waals surface area contributed by atoms with Gasteiger partial charge in [-0.25, -0.2) is 8.42 Å². The minimum Gasteiger partial charge on any atom is -0.497 e. The van der Waals surface area contributed by atoms with Gasteiger partial charge in [0.2, 0.25) is 0 Å². The zero-order valence-electron chi connectivity index (χ0n) is 10.3. The van der Waals surface area contributed by atoms with E-state index in [1.165, 1.54) is 0 Å². The van der Waals surface area contributed by atoms with Crippen molar-refractivity contribution in [2.75, 3.05) is 30.5 Å². The molecule has 2 rings (SSSR count). The first kappa shape index (κ1) is 13.2. The van der Waals surface area contributed by atoms with Crippen molar-refractivity contribution >= 4 is 15.5 Å². The Kier molecular flexibility index (Phi) is 3.49. The summed E-state index contributed by atoms with van der Waals surface area (Å²) in [6, 6.07) is 7.38. The van der Waals surface area contributed by atoms with E-state index < -0.39 is 15.4 Å². The summed E-state index contributed by atoms with van der Waals surface area (Å²) in [5.41, 5.74) is 6.07. The summed E-state index contributed by atoms with van der Waals surface area (Å²) in [5, 5.41) is 3.25. The number of sulfone groups is 1. The van der Waals surface area contributed by atoms with Crippen molar-refractivity contribution in [1.82, 2.24) is 0 Å². The lowest BCUT2D eigenvalue weighted by Crippen LogP contribution is -2.46. The van der Waals surface area contributed by atoms with E-state index in [1.54, 1.807) is 7.11 Å². The molecule has 6 heteroatoms. The zero-order chi connectivity index (χ0) is 13.2. The topological polar surface area (TPSA) is 81.4 Å². The van der Waals surface area contributed by atoms with Crippen molar-refractivity contribution in [3.05, 3.63) is 24.3 Å². The second kappa shape index (κ2) is 4.78. The van der Waals surface area contributed by atoms with E-state index in [2.05, 4.69) is 5.32 Å². The molecule has 1 heterocycles. The lowest BCUT2D eigenvalue weighted by molar-refractivity contribution is 0.415. The molecule has 1 saturated heterocycles. The molecule has 5 nitrogen and oxygen atoms in total. The van der Waals surface area contributed by atoms with Crippen LogP contribution in [0.15, 0.2) is 24.3 Å². The summed E-state index contributed by atoms with van der Waals surface area (Å²) in [6.07, 6.45) is 0.553. The molecule has 1 aromatic carbocycles. The molecule has 0 aromatic heterocycles. The average molecular weight is 270 g/mol. The Balaban J connectivity index is 2.15. The standard InChI is InChI=1S/C12H18N2O3S/c1-17-11-4-2-10(3-5-11)14-12(8-13)6-7-18(15,16)9-12/h2-5,14H,6-9,13H2,1H3. The third-order valence-corrected chi connectivity index (χ3v) is 5.10. The lowest BCUT2D eigenvalue weighted by Gasteiger charge is -2.28. The number of anilines is 1. The largest absolute Gasteiger partial charge is 0.497 e. The van der Waals surface area contributed by atoms with Crippen LogP contribution in [-0.2, 0) is 9.84 Å². The number of benzene rings is 1. The Morgan fingerprint density at radius 1 is 1.39 bits per heavy atom. The summed E-state index contributed by atoms with van der Waals surface area (Å²) in [4.78, 5) is 0. The van der Waals surface area contributed by atoms with Crippen LogP contribution < -0.4 is 15.8 Å². The fourth-order valence-corrected chi connectivity index (χ4v) is 4.23. The van der Waals surface area contributed by atoms with E-state index in [4.69, 9.17) is 10.5 Å². The van der Waals surface area contributed by atoms with E-state index in [1.807, 2.05) is 24.3 Å². The van der Waals surface area contributed by atoms with Crippen LogP contribution in [-0.4, -0.2) is 39.1 Å². The van der Waals surface area contributed by atoms with Gasteiger partial charge in [-0.05, 0) is 30.7 Å². The Labute approximate surface area is 107 Å². The maximum absolute atomic E-state index is 11.6. The fraction of sp³-hybridized carbons (Fsp3) is 0.500. The number of hydrogen-bond donors (Lipinski definition) is 2. The molecule has 1 aliphatic heterocycles. The van der Waals surface area contributed by atoms with E-state index in [-0.39, 0.29) is 11.5 Å². The fourth-order valence-electron chi connectivity index (χ4n) is 2.21. The highest BCUT2D eigenvalue weighted by molar-refractivity contribution is 7.91. The van der Waals surface area contributed by atoms with Gasteiger partial charge in [0, 0.05) is 12.2 Å². The molecule has 3 N–H and O–H groups in total. The number of ether oxygens (including phenoxy) is 1. The van der Waals surface area contributed by atoms with Gasteiger partial charge in [0.25, 0.3) is 0 Å². The minimum atomic E-state index is -2.97. The van der Waals surface area contributed by atoms with Crippen LogP contribution in [0.2, 0.25) is 0 Å². The van der Waals surface area contributed by atoms with E-state index in [0.717, 1.165) is 11.4 Å². The van der Waals surface area contributed by atoms with Gasteiger partial charge >= 0.3 is 0 Å². The van der Waals surface area contributed by atoms with Gasteiger partial charge in [-0.15, -0.1) is 0 Å². The first-order chi connectivity index (χ1) is 8.49. The van der Waals surface area contributed by atoms with Crippen molar-refractivity contribution in [2.24, 2.45) is 5.73 Å². The van der Waals surface area contributed by atoms with Gasteiger partial charge in [-0.2, -0.15) is 0 Å². The van der Waals surface area contributed by atoms with Crippen LogP contribution in [0, 0.1) is 0 Å².